The quantitative estimate of drug-likeness (QED) is 0.226. The zero-order valence-corrected chi connectivity index (χ0v) is 23.7. The van der Waals surface area contributed by atoms with Crippen LogP contribution in [0.2, 0.25) is 0 Å². The molecule has 8 nitrogen and oxygen atoms in total. The molecule has 0 unspecified atom stereocenters. The average molecular weight is 539 g/mol. The molecule has 0 radical (unpaired) electrons. The highest BCUT2D eigenvalue weighted by Crippen LogP contribution is 2.39. The highest BCUT2D eigenvalue weighted by molar-refractivity contribution is 6.30. The largest absolute Gasteiger partial charge is 0.493 e. The molecule has 40 heavy (non-hydrogen) atoms. The SMILES string of the molecule is CCOC(=Cc1cccc[n+]1C)c1c(C)[nH]c2c1C(=O)c1[nH]c(C)c(C(=Cc3cccc[n+]3C)OCC)c1C2=O. The topological polar surface area (TPSA) is 91.9 Å². The summed E-state index contributed by atoms with van der Waals surface area (Å²) in [5.74, 6) is 0.530. The van der Waals surface area contributed by atoms with E-state index in [2.05, 4.69) is 9.97 Å². The molecule has 4 aromatic heterocycles. The smallest absolute Gasteiger partial charge is 0.213 e. The van der Waals surface area contributed by atoms with E-state index in [0.29, 0.717) is 58.4 Å². The molecule has 4 aromatic rings. The monoisotopic (exact) mass is 538 g/mol. The maximum absolute atomic E-state index is 14.1. The summed E-state index contributed by atoms with van der Waals surface area (Å²) in [6.45, 7) is 8.31. The lowest BCUT2D eigenvalue weighted by Gasteiger charge is -2.16. The number of aromatic nitrogens is 4. The van der Waals surface area contributed by atoms with Gasteiger partial charge in [-0.1, -0.05) is 0 Å². The Balaban J connectivity index is 1.68. The van der Waals surface area contributed by atoms with Crippen LogP contribution in [0.15, 0.2) is 48.8 Å². The second-order valence-corrected chi connectivity index (χ2v) is 9.76. The van der Waals surface area contributed by atoms with Crippen LogP contribution in [0.1, 0.15) is 79.9 Å². The first-order chi connectivity index (χ1) is 19.3. The van der Waals surface area contributed by atoms with Gasteiger partial charge in [-0.3, -0.25) is 9.59 Å². The van der Waals surface area contributed by atoms with Gasteiger partial charge in [0.15, 0.2) is 12.4 Å². The van der Waals surface area contributed by atoms with Gasteiger partial charge >= 0.3 is 0 Å². The van der Waals surface area contributed by atoms with Gasteiger partial charge < -0.3 is 19.4 Å². The predicted octanol–water partition coefficient (Wildman–Crippen LogP) is 4.45. The highest BCUT2D eigenvalue weighted by atomic mass is 16.5. The summed E-state index contributed by atoms with van der Waals surface area (Å²) in [4.78, 5) is 34.7. The van der Waals surface area contributed by atoms with Gasteiger partial charge in [-0.05, 0) is 39.8 Å². The van der Waals surface area contributed by atoms with E-state index in [0.717, 1.165) is 11.4 Å². The molecule has 8 heteroatoms. The van der Waals surface area contributed by atoms with Crippen molar-refractivity contribution in [3.05, 3.63) is 105 Å². The number of nitrogens with zero attached hydrogens (tertiary/aromatic N) is 2. The molecule has 0 aliphatic heterocycles. The highest BCUT2D eigenvalue weighted by Gasteiger charge is 2.40. The maximum Gasteiger partial charge on any atom is 0.213 e. The number of carbonyl (C=O) groups excluding carboxylic acids is 2. The van der Waals surface area contributed by atoms with E-state index >= 15 is 0 Å². The van der Waals surface area contributed by atoms with Gasteiger partial charge in [0.25, 0.3) is 0 Å². The fraction of sp³-hybridized carbons (Fsp3) is 0.250. The molecular formula is C32H34N4O4+2. The molecule has 2 N–H and O–H groups in total. The number of ether oxygens (including phenoxy) is 2. The maximum atomic E-state index is 14.1. The second-order valence-electron chi connectivity index (χ2n) is 9.76. The van der Waals surface area contributed by atoms with Crippen LogP contribution in [-0.4, -0.2) is 34.7 Å². The molecule has 0 saturated carbocycles. The number of ketones is 2. The van der Waals surface area contributed by atoms with Crippen molar-refractivity contribution in [2.24, 2.45) is 14.1 Å². The number of hydrogen-bond donors (Lipinski definition) is 2. The molecule has 204 valence electrons. The first-order valence-electron chi connectivity index (χ1n) is 13.4. The van der Waals surface area contributed by atoms with Crippen molar-refractivity contribution in [2.75, 3.05) is 13.2 Å². The standard InChI is InChI=1S/C32H32N4O4/c1-7-39-23(17-21-13-9-11-15-35(21)5)25-19(3)33-29-27(25)31(37)30-28(32(29)38)26(20(4)34-30)24(40-8-2)18-22-14-10-12-16-36(22)6/h9-18H,7-8H2,1-6H3/p+2. The summed E-state index contributed by atoms with van der Waals surface area (Å²) in [5, 5.41) is 0. The molecule has 0 bridgehead atoms. The minimum atomic E-state index is -0.262. The average Bonchev–Trinajstić information content (AvgIpc) is 3.46. The van der Waals surface area contributed by atoms with Crippen LogP contribution < -0.4 is 9.13 Å². The summed E-state index contributed by atoms with van der Waals surface area (Å²) < 4.78 is 16.1. The third-order valence-corrected chi connectivity index (χ3v) is 7.12. The van der Waals surface area contributed by atoms with Gasteiger partial charge in [-0.2, -0.15) is 0 Å². The number of hydrogen-bond acceptors (Lipinski definition) is 4. The van der Waals surface area contributed by atoms with E-state index in [-0.39, 0.29) is 23.0 Å². The van der Waals surface area contributed by atoms with Gasteiger partial charge in [0.05, 0.1) is 47.9 Å². The Morgan fingerprint density at radius 2 is 1.12 bits per heavy atom. The van der Waals surface area contributed by atoms with Gasteiger partial charge in [-0.25, -0.2) is 9.13 Å². The second kappa shape index (κ2) is 10.8. The molecule has 0 spiro atoms. The zero-order valence-electron chi connectivity index (χ0n) is 23.7. The van der Waals surface area contributed by atoms with Crippen molar-refractivity contribution < 1.29 is 28.2 Å². The van der Waals surface area contributed by atoms with Crippen molar-refractivity contribution in [1.82, 2.24) is 9.97 Å². The Morgan fingerprint density at radius 3 is 1.48 bits per heavy atom. The molecule has 0 atom stereocenters. The molecule has 5 rings (SSSR count). The van der Waals surface area contributed by atoms with E-state index < -0.39 is 0 Å². The Labute approximate surface area is 233 Å². The first kappa shape index (κ1) is 26.9. The van der Waals surface area contributed by atoms with Crippen molar-refractivity contribution in [3.8, 4) is 0 Å². The Bertz CT molecular complexity index is 1580. The van der Waals surface area contributed by atoms with Crippen molar-refractivity contribution in [3.63, 3.8) is 0 Å². The minimum absolute atomic E-state index is 0.259. The molecule has 0 aromatic carbocycles. The van der Waals surface area contributed by atoms with Crippen LogP contribution in [0.25, 0.3) is 23.7 Å². The number of carbonyl (C=O) groups is 2. The molecule has 0 saturated heterocycles. The Kier molecular flexibility index (Phi) is 7.26. The number of H-pyrrole nitrogens is 2. The fourth-order valence-electron chi connectivity index (χ4n) is 5.24. The van der Waals surface area contributed by atoms with E-state index in [1.807, 2.05) is 112 Å². The lowest BCUT2D eigenvalue weighted by atomic mass is 9.87. The number of nitrogens with one attached hydrogen (secondary N) is 2. The van der Waals surface area contributed by atoms with E-state index in [4.69, 9.17) is 9.47 Å². The number of aromatic amines is 2. The lowest BCUT2D eigenvalue weighted by Crippen LogP contribution is -2.30. The van der Waals surface area contributed by atoms with E-state index in [9.17, 15) is 9.59 Å². The molecule has 0 amide bonds. The third-order valence-electron chi connectivity index (χ3n) is 7.12. The van der Waals surface area contributed by atoms with E-state index in [1.165, 1.54) is 0 Å². The summed E-state index contributed by atoms with van der Waals surface area (Å²) in [5.41, 5.74) is 5.50. The number of aryl methyl sites for hydroxylation is 4. The zero-order chi connectivity index (χ0) is 28.6. The van der Waals surface area contributed by atoms with Crippen LogP contribution in [-0.2, 0) is 23.6 Å². The number of pyridine rings is 2. The van der Waals surface area contributed by atoms with Crippen LogP contribution in [0.5, 0.6) is 0 Å². The summed E-state index contributed by atoms with van der Waals surface area (Å²) in [6.07, 6.45) is 7.68. The molecule has 1 aliphatic rings. The Hall–Kier alpha value is -4.72. The minimum Gasteiger partial charge on any atom is -0.493 e. The van der Waals surface area contributed by atoms with Crippen LogP contribution >= 0.6 is 0 Å². The molecular weight excluding hydrogens is 504 g/mol. The molecule has 4 heterocycles. The van der Waals surface area contributed by atoms with Crippen molar-refractivity contribution >= 4 is 35.2 Å². The fourth-order valence-corrected chi connectivity index (χ4v) is 5.24. The van der Waals surface area contributed by atoms with E-state index in [1.54, 1.807) is 0 Å². The van der Waals surface area contributed by atoms with Gasteiger partial charge in [0.2, 0.25) is 23.0 Å². The normalized spacial score (nSPS) is 13.3. The summed E-state index contributed by atoms with van der Waals surface area (Å²) in [7, 11) is 3.88. The Morgan fingerprint density at radius 1 is 0.725 bits per heavy atom. The van der Waals surface area contributed by atoms with Crippen molar-refractivity contribution in [1.29, 1.82) is 0 Å². The number of rotatable bonds is 8. The summed E-state index contributed by atoms with van der Waals surface area (Å²) in [6, 6.07) is 11.7. The first-order valence-corrected chi connectivity index (χ1v) is 13.4. The van der Waals surface area contributed by atoms with Gasteiger partial charge in [-0.15, -0.1) is 0 Å². The van der Waals surface area contributed by atoms with Gasteiger partial charge in [0.1, 0.15) is 25.6 Å². The van der Waals surface area contributed by atoms with Crippen molar-refractivity contribution in [2.45, 2.75) is 27.7 Å². The van der Waals surface area contributed by atoms with Crippen LogP contribution in [0.3, 0.4) is 0 Å². The molecule has 1 aliphatic carbocycles. The van der Waals surface area contributed by atoms with Gasteiger partial charge in [0, 0.05) is 46.8 Å². The molecule has 0 fully saturated rings. The lowest BCUT2D eigenvalue weighted by molar-refractivity contribution is -0.673. The third kappa shape index (κ3) is 4.55. The number of fused-ring (bicyclic) bond motifs is 2. The predicted molar refractivity (Wildman–Crippen MR) is 152 cm³/mol. The van der Waals surface area contributed by atoms with Crippen LogP contribution in [0, 0.1) is 13.8 Å². The van der Waals surface area contributed by atoms with Crippen LogP contribution in [0.4, 0.5) is 0 Å². The summed E-state index contributed by atoms with van der Waals surface area (Å²) >= 11 is 0.